The van der Waals surface area contributed by atoms with Crippen LogP contribution in [0, 0.1) is 17.5 Å². The van der Waals surface area contributed by atoms with Gasteiger partial charge in [-0.3, -0.25) is 0 Å². The van der Waals surface area contributed by atoms with Crippen molar-refractivity contribution in [3.63, 3.8) is 0 Å². The lowest BCUT2D eigenvalue weighted by atomic mass is 10.1. The van der Waals surface area contributed by atoms with Gasteiger partial charge >= 0.3 is 0 Å². The van der Waals surface area contributed by atoms with Crippen LogP contribution in [-0.2, 0) is 0 Å². The summed E-state index contributed by atoms with van der Waals surface area (Å²) in [6, 6.07) is 9.61. The molecule has 82 valence electrons. The summed E-state index contributed by atoms with van der Waals surface area (Å²) in [5.74, 6) is -3.87. The molecule has 0 unspecified atom stereocenters. The van der Waals surface area contributed by atoms with E-state index < -0.39 is 17.5 Å². The molecule has 0 heterocycles. The van der Waals surface area contributed by atoms with Crippen molar-refractivity contribution < 1.29 is 13.2 Å². The molecule has 2 aromatic carbocycles. The van der Waals surface area contributed by atoms with E-state index in [-0.39, 0.29) is 10.0 Å². The first kappa shape index (κ1) is 11.2. The fraction of sp³-hybridized carbons (Fsp3) is 0. The Bertz CT molecular complexity index is 524. The van der Waals surface area contributed by atoms with Crippen LogP contribution in [0.4, 0.5) is 13.2 Å². The number of rotatable bonds is 1. The lowest BCUT2D eigenvalue weighted by molar-refractivity contribution is 0.445. The minimum atomic E-state index is -1.47. The van der Waals surface area contributed by atoms with Gasteiger partial charge in [0.2, 0.25) is 0 Å². The lowest BCUT2D eigenvalue weighted by Gasteiger charge is -2.07. The van der Waals surface area contributed by atoms with Crippen molar-refractivity contribution >= 4 is 15.9 Å². The number of halogens is 4. The molecule has 0 saturated heterocycles. The Hall–Kier alpha value is -1.29. The second-order valence-corrected chi connectivity index (χ2v) is 4.01. The zero-order valence-corrected chi connectivity index (χ0v) is 9.56. The van der Waals surface area contributed by atoms with Crippen molar-refractivity contribution in [1.29, 1.82) is 0 Å². The van der Waals surface area contributed by atoms with E-state index in [1.165, 1.54) is 0 Å². The molecule has 0 saturated carbocycles. The van der Waals surface area contributed by atoms with Crippen LogP contribution in [0.3, 0.4) is 0 Å². The lowest BCUT2D eigenvalue weighted by Crippen LogP contribution is -1.94. The smallest absolute Gasteiger partial charge is 0.195 e. The summed E-state index contributed by atoms with van der Waals surface area (Å²) in [5.41, 5.74) is 0.907. The maximum absolute atomic E-state index is 13.3. The summed E-state index contributed by atoms with van der Waals surface area (Å²) in [6.45, 7) is 0. The largest absolute Gasteiger partial charge is 0.204 e. The van der Waals surface area contributed by atoms with Gasteiger partial charge in [-0.05, 0) is 27.6 Å². The molecule has 0 bridgehead atoms. The Morgan fingerprint density at radius 3 is 2.12 bits per heavy atom. The fourth-order valence-electron chi connectivity index (χ4n) is 1.40. The zero-order chi connectivity index (χ0) is 11.7. The quantitative estimate of drug-likeness (QED) is 0.534. The van der Waals surface area contributed by atoms with Crippen LogP contribution in [0.5, 0.6) is 0 Å². The molecule has 0 N–H and O–H groups in total. The van der Waals surface area contributed by atoms with Gasteiger partial charge in [0, 0.05) is 5.56 Å². The van der Waals surface area contributed by atoms with Gasteiger partial charge in [0.15, 0.2) is 17.5 Å². The molecular weight excluding hydrogens is 281 g/mol. The Labute approximate surface area is 98.9 Å². The van der Waals surface area contributed by atoms with Gasteiger partial charge in [-0.25, -0.2) is 13.2 Å². The highest BCUT2D eigenvalue weighted by Gasteiger charge is 2.17. The molecule has 0 fully saturated rings. The van der Waals surface area contributed by atoms with Crippen molar-refractivity contribution in [3.05, 3.63) is 58.3 Å². The van der Waals surface area contributed by atoms with E-state index in [0.29, 0.717) is 5.56 Å². The van der Waals surface area contributed by atoms with Crippen molar-refractivity contribution in [2.75, 3.05) is 0 Å². The maximum Gasteiger partial charge on any atom is 0.195 e. The van der Waals surface area contributed by atoms with Crippen LogP contribution in [0.1, 0.15) is 0 Å². The third-order valence-corrected chi connectivity index (χ3v) is 2.96. The molecule has 0 amide bonds. The van der Waals surface area contributed by atoms with Crippen molar-refractivity contribution in [1.82, 2.24) is 0 Å². The van der Waals surface area contributed by atoms with Gasteiger partial charge in [-0.1, -0.05) is 30.3 Å². The Morgan fingerprint density at radius 2 is 1.50 bits per heavy atom. The van der Waals surface area contributed by atoms with Gasteiger partial charge in [0.05, 0.1) is 4.47 Å². The van der Waals surface area contributed by atoms with Crippen molar-refractivity contribution in [2.45, 2.75) is 0 Å². The third-order valence-electron chi connectivity index (χ3n) is 2.19. The molecule has 16 heavy (non-hydrogen) atoms. The first-order valence-electron chi connectivity index (χ1n) is 4.49. The van der Waals surface area contributed by atoms with Crippen LogP contribution in [0.15, 0.2) is 40.9 Å². The third kappa shape index (κ3) is 1.85. The SMILES string of the molecule is Fc1cc(-c2ccccc2)c(Br)c(F)c1F. The summed E-state index contributed by atoms with van der Waals surface area (Å²) < 4.78 is 39.2. The average molecular weight is 287 g/mol. The van der Waals surface area contributed by atoms with E-state index in [2.05, 4.69) is 15.9 Å². The summed E-state index contributed by atoms with van der Waals surface area (Å²) >= 11 is 2.92. The summed E-state index contributed by atoms with van der Waals surface area (Å²) in [7, 11) is 0. The predicted molar refractivity (Wildman–Crippen MR) is 59.5 cm³/mol. The topological polar surface area (TPSA) is 0 Å². The first-order valence-corrected chi connectivity index (χ1v) is 5.29. The average Bonchev–Trinajstić information content (AvgIpc) is 2.32. The van der Waals surface area contributed by atoms with E-state index in [1.807, 2.05) is 0 Å². The van der Waals surface area contributed by atoms with Gasteiger partial charge in [0.1, 0.15) is 0 Å². The fourth-order valence-corrected chi connectivity index (χ4v) is 1.92. The summed E-state index contributed by atoms with van der Waals surface area (Å²) in [6.07, 6.45) is 0. The van der Waals surface area contributed by atoms with Crippen LogP contribution in [0.2, 0.25) is 0 Å². The normalized spacial score (nSPS) is 10.5. The zero-order valence-electron chi connectivity index (χ0n) is 7.98. The van der Waals surface area contributed by atoms with Gasteiger partial charge in [-0.2, -0.15) is 0 Å². The molecular formula is C12H6BrF3. The van der Waals surface area contributed by atoms with E-state index in [1.54, 1.807) is 30.3 Å². The summed E-state index contributed by atoms with van der Waals surface area (Å²) in [5, 5.41) is 0. The van der Waals surface area contributed by atoms with E-state index in [9.17, 15) is 13.2 Å². The number of benzene rings is 2. The molecule has 0 nitrogen and oxygen atoms in total. The van der Waals surface area contributed by atoms with Crippen molar-refractivity contribution in [3.8, 4) is 11.1 Å². The monoisotopic (exact) mass is 286 g/mol. The van der Waals surface area contributed by atoms with Crippen molar-refractivity contribution in [2.24, 2.45) is 0 Å². The summed E-state index contributed by atoms with van der Waals surface area (Å²) in [4.78, 5) is 0. The van der Waals surface area contributed by atoms with E-state index in [0.717, 1.165) is 6.07 Å². The van der Waals surface area contributed by atoms with Crippen LogP contribution < -0.4 is 0 Å². The Morgan fingerprint density at radius 1 is 0.875 bits per heavy atom. The Kier molecular flexibility index (Phi) is 3.01. The first-order chi connectivity index (χ1) is 7.61. The number of hydrogen-bond acceptors (Lipinski definition) is 0. The molecule has 0 spiro atoms. The molecule has 0 radical (unpaired) electrons. The van der Waals surface area contributed by atoms with E-state index in [4.69, 9.17) is 0 Å². The molecule has 0 aromatic heterocycles. The second kappa shape index (κ2) is 4.29. The molecule has 0 aliphatic carbocycles. The van der Waals surface area contributed by atoms with Gasteiger partial charge < -0.3 is 0 Å². The highest BCUT2D eigenvalue weighted by Crippen LogP contribution is 2.32. The minimum Gasteiger partial charge on any atom is -0.204 e. The van der Waals surface area contributed by atoms with Crippen LogP contribution >= 0.6 is 15.9 Å². The minimum absolute atomic E-state index is 0.0717. The predicted octanol–water partition coefficient (Wildman–Crippen LogP) is 4.53. The molecule has 0 aliphatic rings. The Balaban J connectivity index is 2.68. The molecule has 4 heteroatoms. The standard InChI is InChI=1S/C12H6BrF3/c13-10-8(7-4-2-1-3-5-7)6-9(14)11(15)12(10)16/h1-6H. The molecule has 2 rings (SSSR count). The molecule has 0 atom stereocenters. The molecule has 2 aromatic rings. The number of hydrogen-bond donors (Lipinski definition) is 0. The highest BCUT2D eigenvalue weighted by atomic mass is 79.9. The van der Waals surface area contributed by atoms with Gasteiger partial charge in [-0.15, -0.1) is 0 Å². The van der Waals surface area contributed by atoms with Crippen LogP contribution in [-0.4, -0.2) is 0 Å². The van der Waals surface area contributed by atoms with E-state index >= 15 is 0 Å². The molecule has 0 aliphatic heterocycles. The maximum atomic E-state index is 13.3. The van der Waals surface area contributed by atoms with Crippen LogP contribution in [0.25, 0.3) is 11.1 Å². The van der Waals surface area contributed by atoms with Gasteiger partial charge in [0.25, 0.3) is 0 Å². The second-order valence-electron chi connectivity index (χ2n) is 3.21. The highest BCUT2D eigenvalue weighted by molar-refractivity contribution is 9.10.